The number of carboxylic acids is 1. The van der Waals surface area contributed by atoms with Crippen molar-refractivity contribution in [1.82, 2.24) is 9.78 Å². The van der Waals surface area contributed by atoms with Gasteiger partial charge in [-0.05, 0) is 18.6 Å². The quantitative estimate of drug-likeness (QED) is 0.820. The van der Waals surface area contributed by atoms with Gasteiger partial charge in [0.05, 0.1) is 12.4 Å². The fourth-order valence-corrected chi connectivity index (χ4v) is 1.75. The van der Waals surface area contributed by atoms with Gasteiger partial charge in [-0.3, -0.25) is 4.68 Å². The van der Waals surface area contributed by atoms with E-state index >= 15 is 0 Å². The number of carbonyl (C=O) groups is 1. The minimum atomic E-state index is -0.990. The molecule has 5 heteroatoms. The van der Waals surface area contributed by atoms with Crippen molar-refractivity contribution in [3.63, 3.8) is 0 Å². The number of nitrogens with zero attached hydrogens (tertiary/aromatic N) is 2. The normalized spacial score (nSPS) is 10.8. The van der Waals surface area contributed by atoms with Crippen LogP contribution in [0.15, 0.2) is 42.7 Å². The Balaban J connectivity index is 2.17. The summed E-state index contributed by atoms with van der Waals surface area (Å²) in [5.41, 5.74) is 0.707. The van der Waals surface area contributed by atoms with Gasteiger partial charge in [-0.1, -0.05) is 25.1 Å². The molecule has 1 aromatic heterocycles. The molecule has 0 atom stereocenters. The van der Waals surface area contributed by atoms with E-state index in [1.54, 1.807) is 18.3 Å². The predicted molar refractivity (Wildman–Crippen MR) is 75.7 cm³/mol. The maximum Gasteiger partial charge on any atom is 0.328 e. The molecule has 5 nitrogen and oxygen atoms in total. The van der Waals surface area contributed by atoms with Crippen molar-refractivity contribution in [2.24, 2.45) is 0 Å². The molecule has 0 saturated carbocycles. The summed E-state index contributed by atoms with van der Waals surface area (Å²) in [6, 6.07) is 7.25. The molecule has 0 aliphatic rings. The highest BCUT2D eigenvalue weighted by molar-refractivity contribution is 5.85. The summed E-state index contributed by atoms with van der Waals surface area (Å²) in [5.74, 6) is 0.242. The number of aromatic nitrogens is 2. The fourth-order valence-electron chi connectivity index (χ4n) is 1.75. The first-order valence-electron chi connectivity index (χ1n) is 6.39. The van der Waals surface area contributed by atoms with Crippen LogP contribution in [-0.2, 0) is 11.3 Å². The number of aliphatic carboxylic acids is 1. The Labute approximate surface area is 117 Å². The van der Waals surface area contributed by atoms with E-state index in [0.29, 0.717) is 17.1 Å². The third-order valence-corrected chi connectivity index (χ3v) is 2.61. The minimum Gasteiger partial charge on any atom is -0.478 e. The van der Waals surface area contributed by atoms with Crippen LogP contribution in [0, 0.1) is 0 Å². The Kier molecular flexibility index (Phi) is 4.55. The molecule has 1 N–H and O–H groups in total. The molecule has 1 heterocycles. The summed E-state index contributed by atoms with van der Waals surface area (Å²) >= 11 is 0. The van der Waals surface area contributed by atoms with Gasteiger partial charge in [0.1, 0.15) is 5.75 Å². The fraction of sp³-hybridized carbons (Fsp3) is 0.200. The first-order chi connectivity index (χ1) is 9.69. The van der Waals surface area contributed by atoms with Crippen molar-refractivity contribution in [1.29, 1.82) is 0 Å². The number of aryl methyl sites for hydroxylation is 1. The van der Waals surface area contributed by atoms with E-state index in [4.69, 9.17) is 9.84 Å². The highest BCUT2D eigenvalue weighted by Gasteiger charge is 2.04. The van der Waals surface area contributed by atoms with Gasteiger partial charge in [-0.15, -0.1) is 0 Å². The minimum absolute atomic E-state index is 0.598. The molecule has 0 bridgehead atoms. The Bertz CT molecular complexity index is 617. The van der Waals surface area contributed by atoms with Crippen LogP contribution >= 0.6 is 0 Å². The maximum absolute atomic E-state index is 10.6. The van der Waals surface area contributed by atoms with Crippen molar-refractivity contribution in [2.45, 2.75) is 19.9 Å². The molecule has 0 saturated heterocycles. The number of ether oxygens (including phenoxy) is 1. The van der Waals surface area contributed by atoms with Crippen LogP contribution in [-0.4, -0.2) is 20.9 Å². The summed E-state index contributed by atoms with van der Waals surface area (Å²) < 4.78 is 7.55. The molecule has 0 amide bonds. The lowest BCUT2D eigenvalue weighted by Gasteiger charge is -2.06. The Morgan fingerprint density at radius 1 is 1.45 bits per heavy atom. The zero-order chi connectivity index (χ0) is 14.4. The zero-order valence-electron chi connectivity index (χ0n) is 11.2. The van der Waals surface area contributed by atoms with Crippen molar-refractivity contribution >= 4 is 12.0 Å². The van der Waals surface area contributed by atoms with Crippen molar-refractivity contribution in [3.8, 4) is 11.5 Å². The number of carboxylic acid groups (broad SMARTS) is 1. The second kappa shape index (κ2) is 6.56. The van der Waals surface area contributed by atoms with E-state index in [-0.39, 0.29) is 0 Å². The van der Waals surface area contributed by atoms with E-state index in [9.17, 15) is 4.79 Å². The van der Waals surface area contributed by atoms with Gasteiger partial charge in [0, 0.05) is 18.2 Å². The topological polar surface area (TPSA) is 64.3 Å². The van der Waals surface area contributed by atoms with E-state index in [0.717, 1.165) is 19.0 Å². The average Bonchev–Trinajstić information content (AvgIpc) is 2.85. The van der Waals surface area contributed by atoms with Gasteiger partial charge in [0.15, 0.2) is 5.75 Å². The molecule has 2 rings (SSSR count). The van der Waals surface area contributed by atoms with E-state index in [1.165, 1.54) is 6.08 Å². The van der Waals surface area contributed by atoms with Crippen LogP contribution in [0.2, 0.25) is 0 Å². The van der Waals surface area contributed by atoms with E-state index in [2.05, 4.69) is 12.0 Å². The van der Waals surface area contributed by atoms with Crippen LogP contribution in [0.25, 0.3) is 6.08 Å². The van der Waals surface area contributed by atoms with Crippen molar-refractivity contribution < 1.29 is 14.6 Å². The summed E-state index contributed by atoms with van der Waals surface area (Å²) in [6.07, 6.45) is 7.06. The Hall–Kier alpha value is -2.56. The van der Waals surface area contributed by atoms with Gasteiger partial charge in [0.25, 0.3) is 0 Å². The Morgan fingerprint density at radius 2 is 2.25 bits per heavy atom. The molecule has 0 unspecified atom stereocenters. The number of rotatable bonds is 6. The zero-order valence-corrected chi connectivity index (χ0v) is 11.2. The second-order valence-electron chi connectivity index (χ2n) is 4.25. The first kappa shape index (κ1) is 13.9. The summed E-state index contributed by atoms with van der Waals surface area (Å²) in [5, 5.41) is 12.9. The SMILES string of the molecule is CCCn1cc(Oc2ccccc2/C=C/C(=O)O)cn1. The van der Waals surface area contributed by atoms with Gasteiger partial charge < -0.3 is 9.84 Å². The largest absolute Gasteiger partial charge is 0.478 e. The molecule has 0 aliphatic carbocycles. The molecule has 0 aliphatic heterocycles. The number of hydrogen-bond acceptors (Lipinski definition) is 3. The van der Waals surface area contributed by atoms with Crippen LogP contribution in [0.1, 0.15) is 18.9 Å². The molecular formula is C15H16N2O3. The van der Waals surface area contributed by atoms with E-state index < -0.39 is 5.97 Å². The standard InChI is InChI=1S/C15H16N2O3/c1-2-9-17-11-13(10-16-17)20-14-6-4-3-5-12(14)7-8-15(18)19/h3-8,10-11H,2,9H2,1H3,(H,18,19)/b8-7+. The van der Waals surface area contributed by atoms with Gasteiger partial charge in [0.2, 0.25) is 0 Å². The second-order valence-corrected chi connectivity index (χ2v) is 4.25. The molecule has 104 valence electrons. The molecule has 2 aromatic rings. The predicted octanol–water partition coefficient (Wildman–Crippen LogP) is 3.18. The number of benzene rings is 1. The van der Waals surface area contributed by atoms with Crippen molar-refractivity contribution in [2.75, 3.05) is 0 Å². The lowest BCUT2D eigenvalue weighted by molar-refractivity contribution is -0.131. The highest BCUT2D eigenvalue weighted by Crippen LogP contribution is 2.25. The third-order valence-electron chi connectivity index (χ3n) is 2.61. The summed E-state index contributed by atoms with van der Waals surface area (Å²) in [4.78, 5) is 10.6. The third kappa shape index (κ3) is 3.71. The van der Waals surface area contributed by atoms with Crippen molar-refractivity contribution in [3.05, 3.63) is 48.3 Å². The molecular weight excluding hydrogens is 256 g/mol. The van der Waals surface area contributed by atoms with E-state index in [1.807, 2.05) is 23.0 Å². The van der Waals surface area contributed by atoms with Crippen LogP contribution in [0.3, 0.4) is 0 Å². The lowest BCUT2D eigenvalue weighted by atomic mass is 10.2. The van der Waals surface area contributed by atoms with Crippen LogP contribution in [0.5, 0.6) is 11.5 Å². The highest BCUT2D eigenvalue weighted by atomic mass is 16.5. The average molecular weight is 272 g/mol. The smallest absolute Gasteiger partial charge is 0.328 e. The first-order valence-corrected chi connectivity index (χ1v) is 6.39. The number of hydrogen-bond donors (Lipinski definition) is 1. The monoisotopic (exact) mass is 272 g/mol. The lowest BCUT2D eigenvalue weighted by Crippen LogP contribution is -1.95. The van der Waals surface area contributed by atoms with Gasteiger partial charge in [-0.25, -0.2) is 4.79 Å². The van der Waals surface area contributed by atoms with Crippen LogP contribution in [0.4, 0.5) is 0 Å². The summed E-state index contributed by atoms with van der Waals surface area (Å²) in [7, 11) is 0. The van der Waals surface area contributed by atoms with Gasteiger partial charge in [-0.2, -0.15) is 5.10 Å². The number of para-hydroxylation sites is 1. The molecule has 0 fully saturated rings. The van der Waals surface area contributed by atoms with Crippen LogP contribution < -0.4 is 4.74 Å². The van der Waals surface area contributed by atoms with Gasteiger partial charge >= 0.3 is 5.97 Å². The maximum atomic E-state index is 10.6. The summed E-state index contributed by atoms with van der Waals surface area (Å²) in [6.45, 7) is 2.91. The molecule has 1 aromatic carbocycles. The molecule has 0 spiro atoms. The molecule has 20 heavy (non-hydrogen) atoms. The Morgan fingerprint density at radius 3 is 3.00 bits per heavy atom. The molecule has 0 radical (unpaired) electrons.